The van der Waals surface area contributed by atoms with Gasteiger partial charge in [0.2, 0.25) is 5.91 Å². The fourth-order valence-electron chi connectivity index (χ4n) is 6.03. The number of benzene rings is 3. The molecule has 3 aromatic rings. The van der Waals surface area contributed by atoms with E-state index < -0.39 is 23.4 Å². The van der Waals surface area contributed by atoms with E-state index in [1.807, 2.05) is 43.3 Å². The second kappa shape index (κ2) is 14.9. The zero-order valence-corrected chi connectivity index (χ0v) is 25.0. The number of hydrogen-bond donors (Lipinski definition) is 5. The average molecular weight is 605 g/mol. The van der Waals surface area contributed by atoms with Gasteiger partial charge in [0.05, 0.1) is 5.60 Å². The van der Waals surface area contributed by atoms with Crippen LogP contribution in [0.2, 0.25) is 0 Å². The molecule has 2 atom stereocenters. The van der Waals surface area contributed by atoms with E-state index in [-0.39, 0.29) is 37.7 Å². The van der Waals surface area contributed by atoms with Crippen molar-refractivity contribution in [1.82, 2.24) is 15.5 Å². The van der Waals surface area contributed by atoms with Crippen LogP contribution in [-0.2, 0) is 16.9 Å². The van der Waals surface area contributed by atoms with E-state index in [4.69, 9.17) is 10.8 Å². The van der Waals surface area contributed by atoms with Gasteiger partial charge in [0.25, 0.3) is 5.91 Å². The van der Waals surface area contributed by atoms with Gasteiger partial charge in [-0.3, -0.25) is 9.59 Å². The Morgan fingerprint density at radius 3 is 2.52 bits per heavy atom. The van der Waals surface area contributed by atoms with E-state index in [9.17, 15) is 19.5 Å². The number of carbonyl (C=O) groups excluding carboxylic acids is 2. The zero-order valence-electron chi connectivity index (χ0n) is 25.0. The molecule has 0 spiro atoms. The van der Waals surface area contributed by atoms with Crippen LogP contribution in [0.15, 0.2) is 66.7 Å². The van der Waals surface area contributed by atoms with Crippen molar-refractivity contribution < 1.29 is 29.0 Å². The fraction of sp³-hybridized carbons (Fsp3) is 0.382. The lowest BCUT2D eigenvalue weighted by Crippen LogP contribution is -2.48. The monoisotopic (exact) mass is 604 g/mol. The average Bonchev–Trinajstić information content (AvgIpc) is 3.01. The number of aliphatic hydroxyl groups is 1. The van der Waals surface area contributed by atoms with E-state index >= 15 is 4.39 Å². The molecule has 0 radical (unpaired) electrons. The Hall–Kier alpha value is -4.28. The maximum Gasteiger partial charge on any atom is 0.404 e. The molecule has 6 N–H and O–H groups in total. The molecule has 1 fully saturated rings. The number of aryl methyl sites for hydroxylation is 1. The second-order valence-corrected chi connectivity index (χ2v) is 11.5. The maximum atomic E-state index is 15.6. The summed E-state index contributed by atoms with van der Waals surface area (Å²) >= 11 is 0. The molecular formula is C34H41FN4O5. The molecule has 10 heteroatoms. The number of piperidine rings is 1. The van der Waals surface area contributed by atoms with Crippen LogP contribution in [0, 0.1) is 18.7 Å². The number of halogens is 1. The summed E-state index contributed by atoms with van der Waals surface area (Å²) in [7, 11) is 0. The second-order valence-electron chi connectivity index (χ2n) is 11.5. The Balaban J connectivity index is 1.59. The number of nitrogens with zero attached hydrogens (tertiary/aromatic N) is 1. The first-order valence-corrected chi connectivity index (χ1v) is 15.0. The number of rotatable bonds is 13. The van der Waals surface area contributed by atoms with Crippen LogP contribution < -0.4 is 16.4 Å². The van der Waals surface area contributed by atoms with Crippen molar-refractivity contribution in [2.45, 2.75) is 51.2 Å². The fourth-order valence-corrected chi connectivity index (χ4v) is 6.03. The molecule has 9 nitrogen and oxygen atoms in total. The van der Waals surface area contributed by atoms with Crippen LogP contribution >= 0.6 is 0 Å². The summed E-state index contributed by atoms with van der Waals surface area (Å²) < 4.78 is 15.6. The molecule has 44 heavy (non-hydrogen) atoms. The summed E-state index contributed by atoms with van der Waals surface area (Å²) in [6.07, 6.45) is 0.875. The topological polar surface area (TPSA) is 145 Å². The van der Waals surface area contributed by atoms with Crippen molar-refractivity contribution in [2.24, 2.45) is 11.7 Å². The van der Waals surface area contributed by atoms with Gasteiger partial charge in [-0.05, 0) is 67.5 Å². The van der Waals surface area contributed by atoms with E-state index in [1.165, 1.54) is 6.07 Å². The molecule has 1 saturated heterocycles. The number of primary amides is 1. The highest BCUT2D eigenvalue weighted by Crippen LogP contribution is 2.44. The lowest BCUT2D eigenvalue weighted by molar-refractivity contribution is -0.117. The first kappa shape index (κ1) is 32.6. The van der Waals surface area contributed by atoms with Gasteiger partial charge in [0, 0.05) is 56.2 Å². The van der Waals surface area contributed by atoms with Gasteiger partial charge in [-0.2, -0.15) is 0 Å². The third-order valence-electron chi connectivity index (χ3n) is 8.26. The minimum absolute atomic E-state index is 0.131. The molecule has 0 aliphatic carbocycles. The lowest BCUT2D eigenvalue weighted by atomic mass is 9.72. The smallest absolute Gasteiger partial charge is 0.404 e. The Kier molecular flexibility index (Phi) is 11.1. The lowest BCUT2D eigenvalue weighted by Gasteiger charge is -2.43. The first-order valence-electron chi connectivity index (χ1n) is 15.0. The highest BCUT2D eigenvalue weighted by Gasteiger charge is 2.43. The van der Waals surface area contributed by atoms with Gasteiger partial charge in [-0.1, -0.05) is 54.1 Å². The van der Waals surface area contributed by atoms with Crippen LogP contribution in [0.25, 0.3) is 11.1 Å². The standard InChI is InChI=1S/C34H41FN4O5/c1-23-6-2-7-26(20-23)31-28(9-3-10-29(31)35)34(44,16-5-17-38-33(42)43)27-8-4-19-39(22-27)32(41)25-13-11-24(12-14-25)21-37-18-15-30(36)40/h2-3,6-7,9-14,20,27,37-38,44H,4-5,8,15-19,21-22H2,1H3,(H2,36,40)(H,42,43)/t27-,34?/m1/s1. The third kappa shape index (κ3) is 8.21. The molecular weight excluding hydrogens is 563 g/mol. The number of carboxylic acid groups (broad SMARTS) is 1. The highest BCUT2D eigenvalue weighted by molar-refractivity contribution is 5.94. The molecule has 3 aromatic carbocycles. The molecule has 0 saturated carbocycles. The normalized spacial score (nSPS) is 16.2. The number of nitrogens with one attached hydrogen (secondary N) is 2. The van der Waals surface area contributed by atoms with E-state index in [2.05, 4.69) is 10.6 Å². The van der Waals surface area contributed by atoms with Gasteiger partial charge in [-0.25, -0.2) is 9.18 Å². The van der Waals surface area contributed by atoms with Crippen molar-refractivity contribution >= 4 is 17.9 Å². The molecule has 234 valence electrons. The number of hydrogen-bond acceptors (Lipinski definition) is 5. The zero-order chi connectivity index (χ0) is 31.7. The summed E-state index contributed by atoms with van der Waals surface area (Å²) in [6.45, 7) is 3.85. The van der Waals surface area contributed by atoms with E-state index in [0.29, 0.717) is 61.2 Å². The van der Waals surface area contributed by atoms with Crippen LogP contribution in [0.4, 0.5) is 9.18 Å². The van der Waals surface area contributed by atoms with Gasteiger partial charge in [-0.15, -0.1) is 0 Å². The highest BCUT2D eigenvalue weighted by atomic mass is 19.1. The Bertz CT molecular complexity index is 1460. The summed E-state index contributed by atoms with van der Waals surface area (Å²) in [6, 6.07) is 19.4. The molecule has 3 amide bonds. The number of carbonyl (C=O) groups is 3. The first-order chi connectivity index (χ1) is 21.1. The Morgan fingerprint density at radius 1 is 1.07 bits per heavy atom. The van der Waals surface area contributed by atoms with Crippen molar-refractivity contribution in [2.75, 3.05) is 26.2 Å². The SMILES string of the molecule is Cc1cccc(-c2c(F)cccc2C(O)(CCCNC(=O)O)[C@@H]2CCCN(C(=O)c3ccc(CNCCC(N)=O)cc3)C2)c1. The molecule has 1 heterocycles. The van der Waals surface area contributed by atoms with E-state index in [0.717, 1.165) is 11.1 Å². The van der Waals surface area contributed by atoms with Crippen LogP contribution in [0.5, 0.6) is 0 Å². The van der Waals surface area contributed by atoms with Crippen molar-refractivity contribution in [3.63, 3.8) is 0 Å². The quantitative estimate of drug-likeness (QED) is 0.181. The number of likely N-dealkylation sites (tertiary alicyclic amines) is 1. The predicted octanol–water partition coefficient (Wildman–Crippen LogP) is 4.55. The molecule has 0 bridgehead atoms. The Morgan fingerprint density at radius 2 is 1.82 bits per heavy atom. The molecule has 1 aliphatic heterocycles. The van der Waals surface area contributed by atoms with Crippen molar-refractivity contribution in [3.8, 4) is 11.1 Å². The van der Waals surface area contributed by atoms with Gasteiger partial charge < -0.3 is 31.5 Å². The van der Waals surface area contributed by atoms with Gasteiger partial charge in [0.15, 0.2) is 0 Å². The molecule has 1 unspecified atom stereocenters. The molecule has 1 aliphatic rings. The summed E-state index contributed by atoms with van der Waals surface area (Å²) in [5.74, 6) is -1.39. The van der Waals surface area contributed by atoms with Crippen molar-refractivity contribution in [1.29, 1.82) is 0 Å². The minimum atomic E-state index is -1.53. The summed E-state index contributed by atoms with van der Waals surface area (Å²) in [4.78, 5) is 37.4. The summed E-state index contributed by atoms with van der Waals surface area (Å²) in [5, 5.41) is 27.1. The van der Waals surface area contributed by atoms with Crippen LogP contribution in [-0.4, -0.2) is 59.2 Å². The number of amides is 3. The Labute approximate surface area is 257 Å². The number of nitrogens with two attached hydrogens (primary N) is 1. The largest absolute Gasteiger partial charge is 0.465 e. The molecule has 0 aromatic heterocycles. The maximum absolute atomic E-state index is 15.6. The summed E-state index contributed by atoms with van der Waals surface area (Å²) in [5.41, 5.74) is 7.48. The van der Waals surface area contributed by atoms with E-state index in [1.54, 1.807) is 29.2 Å². The van der Waals surface area contributed by atoms with Gasteiger partial charge in [0.1, 0.15) is 5.82 Å². The van der Waals surface area contributed by atoms with Crippen LogP contribution in [0.3, 0.4) is 0 Å². The minimum Gasteiger partial charge on any atom is -0.465 e. The molecule has 4 rings (SSSR count). The van der Waals surface area contributed by atoms with Crippen LogP contribution in [0.1, 0.15) is 59.2 Å². The predicted molar refractivity (Wildman–Crippen MR) is 166 cm³/mol. The van der Waals surface area contributed by atoms with Gasteiger partial charge >= 0.3 is 6.09 Å². The third-order valence-corrected chi connectivity index (χ3v) is 8.26. The van der Waals surface area contributed by atoms with Crippen molar-refractivity contribution in [3.05, 3.63) is 94.8 Å².